The lowest BCUT2D eigenvalue weighted by atomic mass is 10.2. The molecule has 0 fully saturated rings. The highest BCUT2D eigenvalue weighted by Crippen LogP contribution is 2.27. The average molecular weight is 518 g/mol. The van der Waals surface area contributed by atoms with Gasteiger partial charge in [-0.1, -0.05) is 18.2 Å². The molecule has 0 bridgehead atoms. The number of pyridine rings is 2. The molecule has 4 aromatic rings. The summed E-state index contributed by atoms with van der Waals surface area (Å²) in [7, 11) is -0.312. The van der Waals surface area contributed by atoms with E-state index in [0.29, 0.717) is 22.4 Å². The maximum Gasteiger partial charge on any atom is 0.422 e. The molecule has 36 heavy (non-hydrogen) atoms. The van der Waals surface area contributed by atoms with Crippen LogP contribution in [0.1, 0.15) is 16.8 Å². The van der Waals surface area contributed by atoms with Crippen LogP contribution in [0.25, 0.3) is 11.0 Å². The Morgan fingerprint density at radius 1 is 1.08 bits per heavy atom. The summed E-state index contributed by atoms with van der Waals surface area (Å²) in [4.78, 5) is 27.8. The van der Waals surface area contributed by atoms with E-state index in [0.717, 1.165) is 5.56 Å². The molecule has 0 aliphatic rings. The number of carbonyl (C=O) groups excluding carboxylic acids is 1. The molecule has 0 aliphatic carbocycles. The molecule has 0 unspecified atom stereocenters. The fourth-order valence-electron chi connectivity index (χ4n) is 3.62. The third-order valence-electron chi connectivity index (χ3n) is 5.43. The number of para-hydroxylation sites is 2. The highest BCUT2D eigenvalue weighted by atomic mass is 32.2. The molecular formula is C24H22F3N5O3S. The highest BCUT2D eigenvalue weighted by molar-refractivity contribution is 7.84. The van der Waals surface area contributed by atoms with Gasteiger partial charge in [-0.25, -0.2) is 19.3 Å². The van der Waals surface area contributed by atoms with Gasteiger partial charge in [0.15, 0.2) is 6.61 Å². The number of benzene rings is 1. The number of alkyl halides is 3. The molecule has 1 amide bonds. The van der Waals surface area contributed by atoms with E-state index in [4.69, 9.17) is 4.74 Å². The van der Waals surface area contributed by atoms with Gasteiger partial charge in [-0.2, -0.15) is 13.2 Å². The number of aryl methyl sites for hydroxylation is 1. The average Bonchev–Trinajstić information content (AvgIpc) is 3.23. The number of anilines is 1. The van der Waals surface area contributed by atoms with Crippen molar-refractivity contribution in [1.82, 2.24) is 19.5 Å². The predicted octanol–water partition coefficient (Wildman–Crippen LogP) is 4.80. The summed E-state index contributed by atoms with van der Waals surface area (Å²) in [5.74, 6) is 0.242. The quantitative estimate of drug-likeness (QED) is 0.365. The second kappa shape index (κ2) is 10.1. The van der Waals surface area contributed by atoms with Crippen molar-refractivity contribution >= 4 is 33.7 Å². The minimum absolute atomic E-state index is 0.00977. The van der Waals surface area contributed by atoms with Crippen molar-refractivity contribution in [2.75, 3.05) is 18.6 Å². The number of fused-ring (bicyclic) bond motifs is 1. The maximum absolute atomic E-state index is 13.6. The molecule has 0 aliphatic heterocycles. The first-order valence-corrected chi connectivity index (χ1v) is 12.1. The van der Waals surface area contributed by atoms with E-state index in [-0.39, 0.29) is 22.4 Å². The van der Waals surface area contributed by atoms with Gasteiger partial charge in [0, 0.05) is 25.0 Å². The van der Waals surface area contributed by atoms with E-state index < -0.39 is 29.6 Å². The number of nitrogens with zero attached hydrogens (tertiary/aromatic N) is 5. The SMILES string of the molecule is Cc1cccnc1N(C)C(=O)n1c([S@](=O)Cc2nccc(OCC(F)(F)F)c2C)nc2ccccc21. The third-order valence-corrected chi connectivity index (χ3v) is 6.65. The molecule has 1 atom stereocenters. The molecule has 1 aromatic carbocycles. The number of rotatable bonds is 6. The Morgan fingerprint density at radius 2 is 1.83 bits per heavy atom. The number of hydrogen-bond acceptors (Lipinski definition) is 6. The number of halogens is 3. The van der Waals surface area contributed by atoms with Crippen LogP contribution in [-0.2, 0) is 16.6 Å². The summed E-state index contributed by atoms with van der Waals surface area (Å²) < 4.78 is 57.4. The number of ether oxygens (including phenoxy) is 1. The first-order valence-electron chi connectivity index (χ1n) is 10.8. The van der Waals surface area contributed by atoms with Crippen molar-refractivity contribution in [3.63, 3.8) is 0 Å². The van der Waals surface area contributed by atoms with E-state index >= 15 is 0 Å². The van der Waals surface area contributed by atoms with Crippen LogP contribution in [0.4, 0.5) is 23.8 Å². The largest absolute Gasteiger partial charge is 0.484 e. The summed E-state index contributed by atoms with van der Waals surface area (Å²) in [5.41, 5.74) is 2.29. The van der Waals surface area contributed by atoms with Crippen molar-refractivity contribution in [3.05, 3.63) is 71.7 Å². The van der Waals surface area contributed by atoms with E-state index in [1.54, 1.807) is 43.6 Å². The molecular weight excluding hydrogens is 495 g/mol. The van der Waals surface area contributed by atoms with Crippen molar-refractivity contribution in [3.8, 4) is 5.75 Å². The Labute approximate surface area is 207 Å². The van der Waals surface area contributed by atoms with Crippen molar-refractivity contribution < 1.29 is 26.9 Å². The zero-order valence-electron chi connectivity index (χ0n) is 19.6. The number of hydrogen-bond donors (Lipinski definition) is 0. The van der Waals surface area contributed by atoms with Crippen LogP contribution < -0.4 is 9.64 Å². The van der Waals surface area contributed by atoms with Gasteiger partial charge in [0.25, 0.3) is 0 Å². The first kappa shape index (κ1) is 25.3. The van der Waals surface area contributed by atoms with Crippen molar-refractivity contribution in [2.45, 2.75) is 30.9 Å². The van der Waals surface area contributed by atoms with Crippen molar-refractivity contribution in [1.29, 1.82) is 0 Å². The normalized spacial score (nSPS) is 12.5. The van der Waals surface area contributed by atoms with Crippen LogP contribution in [0, 0.1) is 13.8 Å². The highest BCUT2D eigenvalue weighted by Gasteiger charge is 2.29. The zero-order chi connectivity index (χ0) is 26.0. The van der Waals surface area contributed by atoms with E-state index in [9.17, 15) is 22.2 Å². The molecule has 0 saturated heterocycles. The van der Waals surface area contributed by atoms with Gasteiger partial charge in [0.2, 0.25) is 5.16 Å². The summed E-state index contributed by atoms with van der Waals surface area (Å²) >= 11 is 0. The smallest absolute Gasteiger partial charge is 0.422 e. The Kier molecular flexibility index (Phi) is 7.07. The topological polar surface area (TPSA) is 90.2 Å². The lowest BCUT2D eigenvalue weighted by molar-refractivity contribution is -0.153. The molecule has 8 nitrogen and oxygen atoms in total. The van der Waals surface area contributed by atoms with Crippen LogP contribution in [0.2, 0.25) is 0 Å². The standard InChI is InChI=1S/C24H22F3N5O3S/c1-15-7-6-11-29-21(15)31(3)23(33)32-19-9-5-4-8-17(19)30-22(32)36(34)13-18-16(2)20(10-12-28-18)35-14-24(25,26)27/h4-12H,13-14H2,1-3H3/t36-/m1/s1. The fourth-order valence-corrected chi connectivity index (χ4v) is 4.87. The summed E-state index contributed by atoms with van der Waals surface area (Å²) in [6.45, 7) is 1.90. The first-order chi connectivity index (χ1) is 17.1. The third kappa shape index (κ3) is 5.23. The number of carbonyl (C=O) groups is 1. The van der Waals surface area contributed by atoms with E-state index in [1.165, 1.54) is 28.7 Å². The van der Waals surface area contributed by atoms with E-state index in [1.807, 2.05) is 13.0 Å². The molecule has 188 valence electrons. The minimum atomic E-state index is -4.50. The number of aromatic nitrogens is 4. The number of amides is 1. The van der Waals surface area contributed by atoms with Crippen LogP contribution in [-0.4, -0.2) is 49.6 Å². The monoisotopic (exact) mass is 517 g/mol. The van der Waals surface area contributed by atoms with Crippen LogP contribution in [0.3, 0.4) is 0 Å². The lowest BCUT2D eigenvalue weighted by Crippen LogP contribution is -2.33. The Bertz CT molecular complexity index is 1450. The fraction of sp³-hybridized carbons (Fsp3) is 0.250. The molecule has 0 saturated carbocycles. The van der Waals surface area contributed by atoms with Crippen LogP contribution in [0.5, 0.6) is 5.75 Å². The van der Waals surface area contributed by atoms with Crippen LogP contribution in [0.15, 0.2) is 60.0 Å². The van der Waals surface area contributed by atoms with Gasteiger partial charge >= 0.3 is 12.2 Å². The summed E-state index contributed by atoms with van der Waals surface area (Å²) in [6, 6.07) is 11.2. The molecule has 4 rings (SSSR count). The van der Waals surface area contributed by atoms with Gasteiger partial charge in [-0.3, -0.25) is 14.1 Å². The van der Waals surface area contributed by atoms with Gasteiger partial charge in [-0.05, 0) is 43.7 Å². The maximum atomic E-state index is 13.6. The summed E-state index contributed by atoms with van der Waals surface area (Å²) in [5, 5.41) is -0.00977. The predicted molar refractivity (Wildman–Crippen MR) is 129 cm³/mol. The zero-order valence-corrected chi connectivity index (χ0v) is 20.4. The van der Waals surface area contributed by atoms with Gasteiger partial charge in [0.1, 0.15) is 11.6 Å². The molecule has 0 spiro atoms. The summed E-state index contributed by atoms with van der Waals surface area (Å²) in [6.07, 6.45) is -1.64. The second-order valence-electron chi connectivity index (χ2n) is 7.98. The second-order valence-corrected chi connectivity index (χ2v) is 9.32. The Morgan fingerprint density at radius 3 is 2.56 bits per heavy atom. The van der Waals surface area contributed by atoms with Crippen molar-refractivity contribution in [2.24, 2.45) is 0 Å². The molecule has 3 heterocycles. The molecule has 12 heteroatoms. The molecule has 0 N–H and O–H groups in total. The Balaban J connectivity index is 1.70. The molecule has 3 aromatic heterocycles. The van der Waals surface area contributed by atoms with Gasteiger partial charge in [0.05, 0.1) is 33.3 Å². The number of imidazole rings is 1. The lowest BCUT2D eigenvalue weighted by Gasteiger charge is -2.19. The molecule has 0 radical (unpaired) electrons. The van der Waals surface area contributed by atoms with Gasteiger partial charge in [-0.15, -0.1) is 0 Å². The minimum Gasteiger partial charge on any atom is -0.484 e. The van der Waals surface area contributed by atoms with Crippen LogP contribution >= 0.6 is 0 Å². The van der Waals surface area contributed by atoms with E-state index in [2.05, 4.69) is 15.0 Å². The Hall–Kier alpha value is -3.80. The van der Waals surface area contributed by atoms with Gasteiger partial charge < -0.3 is 4.74 Å².